The molecule has 0 saturated heterocycles. The summed E-state index contributed by atoms with van der Waals surface area (Å²) in [5.74, 6) is -0.474. The van der Waals surface area contributed by atoms with E-state index in [4.69, 9.17) is 0 Å². The predicted molar refractivity (Wildman–Crippen MR) is 114 cm³/mol. The van der Waals surface area contributed by atoms with E-state index in [0.29, 0.717) is 11.7 Å². The molecule has 0 unspecified atom stereocenters. The molecule has 0 bridgehead atoms. The SMILES string of the molecule is CCC(CC)N1CCc2ccc(NS(=O)(=O)c3ccc(OC(F)(F)F)cc3)cc2CC1. The molecule has 1 heterocycles. The van der Waals surface area contributed by atoms with Crippen LogP contribution in [0.5, 0.6) is 5.75 Å². The average Bonchev–Trinajstić information content (AvgIpc) is 2.90. The van der Waals surface area contributed by atoms with Gasteiger partial charge < -0.3 is 4.74 Å². The van der Waals surface area contributed by atoms with E-state index < -0.39 is 22.1 Å². The first-order valence-corrected chi connectivity index (χ1v) is 11.8. The number of ether oxygens (including phenoxy) is 1. The first kappa shape index (κ1) is 23.4. The molecule has 2 aromatic rings. The van der Waals surface area contributed by atoms with Gasteiger partial charge in [0.2, 0.25) is 0 Å². The van der Waals surface area contributed by atoms with Crippen molar-refractivity contribution in [2.75, 3.05) is 17.8 Å². The number of anilines is 1. The van der Waals surface area contributed by atoms with Crippen LogP contribution < -0.4 is 9.46 Å². The molecule has 31 heavy (non-hydrogen) atoms. The normalized spacial score (nSPS) is 15.4. The Kier molecular flexibility index (Phi) is 7.16. The number of rotatable bonds is 7. The van der Waals surface area contributed by atoms with Crippen LogP contribution in [0, 0.1) is 0 Å². The van der Waals surface area contributed by atoms with Crippen molar-refractivity contribution in [3.8, 4) is 5.75 Å². The van der Waals surface area contributed by atoms with Crippen LogP contribution in [0.15, 0.2) is 47.4 Å². The molecule has 1 aliphatic rings. The lowest BCUT2D eigenvalue weighted by molar-refractivity contribution is -0.274. The van der Waals surface area contributed by atoms with Gasteiger partial charge in [-0.05, 0) is 73.2 Å². The lowest BCUT2D eigenvalue weighted by Gasteiger charge is -2.28. The fourth-order valence-electron chi connectivity index (χ4n) is 4.01. The Hall–Kier alpha value is -2.26. The zero-order valence-corrected chi connectivity index (χ0v) is 18.4. The van der Waals surface area contributed by atoms with Gasteiger partial charge in [0.05, 0.1) is 4.90 Å². The van der Waals surface area contributed by atoms with Gasteiger partial charge >= 0.3 is 6.36 Å². The smallest absolute Gasteiger partial charge is 0.406 e. The molecule has 0 aliphatic carbocycles. The summed E-state index contributed by atoms with van der Waals surface area (Å²) >= 11 is 0. The molecular formula is C22H27F3N2O3S. The van der Waals surface area contributed by atoms with Crippen LogP contribution in [0.2, 0.25) is 0 Å². The number of sulfonamides is 1. The van der Waals surface area contributed by atoms with E-state index in [-0.39, 0.29) is 4.90 Å². The summed E-state index contributed by atoms with van der Waals surface area (Å²) in [5.41, 5.74) is 2.76. The Labute approximate surface area is 181 Å². The van der Waals surface area contributed by atoms with E-state index in [1.807, 2.05) is 12.1 Å². The van der Waals surface area contributed by atoms with E-state index in [9.17, 15) is 21.6 Å². The molecule has 170 valence electrons. The number of nitrogens with one attached hydrogen (secondary N) is 1. The molecule has 3 rings (SSSR count). The molecule has 0 spiro atoms. The van der Waals surface area contributed by atoms with Gasteiger partial charge in [-0.15, -0.1) is 13.2 Å². The van der Waals surface area contributed by atoms with E-state index in [2.05, 4.69) is 28.2 Å². The molecule has 0 aromatic heterocycles. The Balaban J connectivity index is 1.72. The minimum absolute atomic E-state index is 0.142. The highest BCUT2D eigenvalue weighted by molar-refractivity contribution is 7.92. The second-order valence-electron chi connectivity index (χ2n) is 7.61. The number of fused-ring (bicyclic) bond motifs is 1. The van der Waals surface area contributed by atoms with Gasteiger partial charge in [0.15, 0.2) is 0 Å². The number of hydrogen-bond donors (Lipinski definition) is 1. The second-order valence-corrected chi connectivity index (χ2v) is 9.30. The standard InChI is InChI=1S/C22H27F3N2O3S/c1-3-19(4-2)27-13-11-16-5-6-18(15-17(16)12-14-27)26-31(28,29)21-9-7-20(8-10-21)30-22(23,24)25/h5-10,15,19,26H,3-4,11-14H2,1-2H3. The van der Waals surface area contributed by atoms with Crippen LogP contribution in [-0.4, -0.2) is 38.8 Å². The van der Waals surface area contributed by atoms with Crippen LogP contribution in [0.25, 0.3) is 0 Å². The van der Waals surface area contributed by atoms with E-state index in [0.717, 1.165) is 68.6 Å². The maximum atomic E-state index is 12.7. The monoisotopic (exact) mass is 456 g/mol. The molecule has 9 heteroatoms. The molecule has 0 amide bonds. The fraction of sp³-hybridized carbons (Fsp3) is 0.455. The van der Waals surface area contributed by atoms with Crippen LogP contribution >= 0.6 is 0 Å². The van der Waals surface area contributed by atoms with Crippen molar-refractivity contribution >= 4 is 15.7 Å². The third kappa shape index (κ3) is 6.13. The first-order chi connectivity index (χ1) is 14.6. The first-order valence-electron chi connectivity index (χ1n) is 10.4. The molecule has 5 nitrogen and oxygen atoms in total. The summed E-state index contributed by atoms with van der Waals surface area (Å²) in [6, 6.07) is 10.2. The fourth-order valence-corrected chi connectivity index (χ4v) is 5.06. The minimum Gasteiger partial charge on any atom is -0.406 e. The molecule has 0 radical (unpaired) electrons. The Morgan fingerprint density at radius 1 is 1.00 bits per heavy atom. The molecule has 0 atom stereocenters. The number of benzene rings is 2. The molecular weight excluding hydrogens is 429 g/mol. The summed E-state index contributed by atoms with van der Waals surface area (Å²) in [7, 11) is -3.94. The maximum absolute atomic E-state index is 12.7. The molecule has 0 saturated carbocycles. The summed E-state index contributed by atoms with van der Waals surface area (Å²) in [6.45, 7) is 6.30. The van der Waals surface area contributed by atoms with Gasteiger partial charge in [0.1, 0.15) is 5.75 Å². The highest BCUT2D eigenvalue weighted by Crippen LogP contribution is 2.26. The average molecular weight is 457 g/mol. The third-order valence-corrected chi connectivity index (χ3v) is 7.02. The number of alkyl halides is 3. The zero-order chi connectivity index (χ0) is 22.6. The van der Waals surface area contributed by atoms with Gasteiger partial charge in [-0.1, -0.05) is 19.9 Å². The van der Waals surface area contributed by atoms with E-state index >= 15 is 0 Å². The van der Waals surface area contributed by atoms with Crippen LogP contribution in [-0.2, 0) is 22.9 Å². The summed E-state index contributed by atoms with van der Waals surface area (Å²) in [4.78, 5) is 2.35. The highest BCUT2D eigenvalue weighted by atomic mass is 32.2. The Bertz CT molecular complexity index is 988. The second kappa shape index (κ2) is 9.48. The van der Waals surface area contributed by atoms with Gasteiger partial charge in [0.25, 0.3) is 10.0 Å². The van der Waals surface area contributed by atoms with Gasteiger partial charge in [0, 0.05) is 24.8 Å². The largest absolute Gasteiger partial charge is 0.573 e. The minimum atomic E-state index is -4.83. The van der Waals surface area contributed by atoms with Crippen molar-refractivity contribution in [1.29, 1.82) is 0 Å². The predicted octanol–water partition coefficient (Wildman–Crippen LogP) is 4.98. The molecule has 2 aromatic carbocycles. The number of hydrogen-bond acceptors (Lipinski definition) is 4. The third-order valence-electron chi connectivity index (χ3n) is 5.62. The van der Waals surface area contributed by atoms with Crippen LogP contribution in [0.1, 0.15) is 37.8 Å². The van der Waals surface area contributed by atoms with Gasteiger partial charge in [-0.25, -0.2) is 8.42 Å². The van der Waals surface area contributed by atoms with E-state index in [1.165, 1.54) is 5.56 Å². The van der Waals surface area contributed by atoms with Gasteiger partial charge in [-0.3, -0.25) is 9.62 Å². The lowest BCUT2D eigenvalue weighted by Crippen LogP contribution is -2.36. The van der Waals surface area contributed by atoms with Crippen molar-refractivity contribution in [2.24, 2.45) is 0 Å². The summed E-state index contributed by atoms with van der Waals surface area (Å²) in [5, 5.41) is 0. The lowest BCUT2D eigenvalue weighted by atomic mass is 10.0. The molecule has 0 fully saturated rings. The Morgan fingerprint density at radius 2 is 1.61 bits per heavy atom. The molecule has 1 aliphatic heterocycles. The van der Waals surface area contributed by atoms with Gasteiger partial charge in [-0.2, -0.15) is 0 Å². The van der Waals surface area contributed by atoms with Crippen LogP contribution in [0.4, 0.5) is 18.9 Å². The quantitative estimate of drug-likeness (QED) is 0.639. The number of halogens is 3. The summed E-state index contributed by atoms with van der Waals surface area (Å²) < 4.78 is 68.5. The summed E-state index contributed by atoms with van der Waals surface area (Å²) in [6.07, 6.45) is -0.871. The van der Waals surface area contributed by atoms with Crippen molar-refractivity contribution in [2.45, 2.75) is 56.8 Å². The van der Waals surface area contributed by atoms with Crippen molar-refractivity contribution in [3.63, 3.8) is 0 Å². The zero-order valence-electron chi connectivity index (χ0n) is 17.6. The van der Waals surface area contributed by atoms with Crippen molar-refractivity contribution in [3.05, 3.63) is 53.6 Å². The maximum Gasteiger partial charge on any atom is 0.573 e. The van der Waals surface area contributed by atoms with Crippen molar-refractivity contribution in [1.82, 2.24) is 4.90 Å². The van der Waals surface area contributed by atoms with Crippen molar-refractivity contribution < 1.29 is 26.3 Å². The molecule has 1 N–H and O–H groups in total. The topological polar surface area (TPSA) is 58.6 Å². The highest BCUT2D eigenvalue weighted by Gasteiger charge is 2.31. The number of nitrogens with zero attached hydrogens (tertiary/aromatic N) is 1. The van der Waals surface area contributed by atoms with Crippen LogP contribution in [0.3, 0.4) is 0 Å². The van der Waals surface area contributed by atoms with E-state index in [1.54, 1.807) is 6.07 Å². The Morgan fingerprint density at radius 3 is 2.19 bits per heavy atom.